The molecule has 0 bridgehead atoms. The van der Waals surface area contributed by atoms with Crippen LogP contribution in [0.1, 0.15) is 12.8 Å². The van der Waals surface area contributed by atoms with Gasteiger partial charge in [-0.1, -0.05) is 29.8 Å². The minimum atomic E-state index is -0.0113. The van der Waals surface area contributed by atoms with Crippen molar-refractivity contribution in [2.24, 2.45) is 0 Å². The molecule has 0 atom stereocenters. The molecule has 0 amide bonds. The smallest absolute Gasteiger partial charge is 0.271 e. The van der Waals surface area contributed by atoms with E-state index in [2.05, 4.69) is 15.2 Å². The van der Waals surface area contributed by atoms with Gasteiger partial charge in [-0.25, -0.2) is 0 Å². The van der Waals surface area contributed by atoms with Crippen LogP contribution in [-0.4, -0.2) is 24.1 Å². The minimum absolute atomic E-state index is 0.0113. The maximum atomic E-state index is 12.4. The average Bonchev–Trinajstić information content (AvgIpc) is 2.64. The van der Waals surface area contributed by atoms with Gasteiger partial charge >= 0.3 is 0 Å². The maximum absolute atomic E-state index is 12.4. The highest BCUT2D eigenvalue weighted by atomic mass is 35.5. The van der Waals surface area contributed by atoms with Crippen molar-refractivity contribution >= 4 is 33.9 Å². The number of fused-ring (bicyclic) bond motifs is 1. The van der Waals surface area contributed by atoms with Gasteiger partial charge in [0.1, 0.15) is 5.69 Å². The van der Waals surface area contributed by atoms with E-state index >= 15 is 0 Å². The highest BCUT2D eigenvalue weighted by Gasteiger charge is 2.21. The first-order chi connectivity index (χ1) is 12.2. The van der Waals surface area contributed by atoms with Crippen LogP contribution >= 0.6 is 11.6 Å². The molecule has 1 fully saturated rings. The van der Waals surface area contributed by atoms with Gasteiger partial charge in [-0.2, -0.15) is 0 Å². The molecule has 0 aliphatic carbocycles. The molecule has 0 saturated carbocycles. The molecule has 4 rings (SSSR count). The Bertz CT molecular complexity index is 928. The normalized spacial score (nSPS) is 15.5. The van der Waals surface area contributed by atoms with E-state index in [0.717, 1.165) is 53.2 Å². The van der Waals surface area contributed by atoms with E-state index in [-0.39, 0.29) is 5.56 Å². The fraction of sp³-hybridized carbons (Fsp3) is 0.250. The zero-order chi connectivity index (χ0) is 17.2. The molecule has 3 aromatic rings. The van der Waals surface area contributed by atoms with Crippen molar-refractivity contribution in [1.29, 1.82) is 0 Å². The van der Waals surface area contributed by atoms with Crippen molar-refractivity contribution in [3.05, 3.63) is 70.0 Å². The Balaban J connectivity index is 1.45. The zero-order valence-corrected chi connectivity index (χ0v) is 14.6. The zero-order valence-electron chi connectivity index (χ0n) is 13.8. The summed E-state index contributed by atoms with van der Waals surface area (Å²) in [5.74, 6) is 0. The van der Waals surface area contributed by atoms with Crippen LogP contribution in [0.5, 0.6) is 0 Å². The number of halogens is 1. The second-order valence-electron chi connectivity index (χ2n) is 6.48. The van der Waals surface area contributed by atoms with Crippen LogP contribution in [0, 0.1) is 0 Å². The molecule has 1 aliphatic heterocycles. The van der Waals surface area contributed by atoms with E-state index in [1.54, 1.807) is 0 Å². The van der Waals surface area contributed by atoms with Crippen LogP contribution in [-0.2, 0) is 0 Å². The number of rotatable bonds is 3. The van der Waals surface area contributed by atoms with Crippen LogP contribution in [0.2, 0.25) is 5.02 Å². The van der Waals surface area contributed by atoms with E-state index in [9.17, 15) is 4.79 Å². The lowest BCUT2D eigenvalue weighted by Crippen LogP contribution is -2.41. The summed E-state index contributed by atoms with van der Waals surface area (Å²) in [6.45, 7) is 1.74. The predicted molar refractivity (Wildman–Crippen MR) is 105 cm³/mol. The van der Waals surface area contributed by atoms with Gasteiger partial charge in [0.05, 0.1) is 0 Å². The lowest BCUT2D eigenvalue weighted by atomic mass is 10.0. The summed E-state index contributed by atoms with van der Waals surface area (Å²) in [4.78, 5) is 17.6. The summed E-state index contributed by atoms with van der Waals surface area (Å²) in [5, 5.41) is 5.37. The first-order valence-corrected chi connectivity index (χ1v) is 8.96. The van der Waals surface area contributed by atoms with E-state index in [4.69, 9.17) is 11.6 Å². The highest BCUT2D eigenvalue weighted by molar-refractivity contribution is 6.30. The number of aromatic amines is 1. The molecule has 2 N–H and O–H groups in total. The number of anilines is 2. The molecule has 128 valence electrons. The molecule has 4 nitrogen and oxygen atoms in total. The molecule has 0 unspecified atom stereocenters. The standard InChI is InChI=1S/C20H20ClN3O/c21-15-5-7-16(8-6-15)22-17-9-11-24(12-10-17)19-13-14-3-1-2-4-18(14)23-20(19)25/h1-8,13,17,22H,9-12H2,(H,23,25). The molecule has 1 saturated heterocycles. The molecule has 0 spiro atoms. The summed E-state index contributed by atoms with van der Waals surface area (Å²) in [6.07, 6.45) is 1.99. The second kappa shape index (κ2) is 6.81. The van der Waals surface area contributed by atoms with Crippen LogP contribution in [0.15, 0.2) is 59.4 Å². The van der Waals surface area contributed by atoms with Crippen molar-refractivity contribution in [2.45, 2.75) is 18.9 Å². The Morgan fingerprint density at radius 3 is 2.52 bits per heavy atom. The highest BCUT2D eigenvalue weighted by Crippen LogP contribution is 2.22. The number of nitrogens with one attached hydrogen (secondary N) is 2. The van der Waals surface area contributed by atoms with Gasteiger partial charge in [0.15, 0.2) is 0 Å². The number of pyridine rings is 1. The summed E-state index contributed by atoms with van der Waals surface area (Å²) >= 11 is 5.93. The number of aromatic nitrogens is 1. The van der Waals surface area contributed by atoms with Crippen molar-refractivity contribution < 1.29 is 0 Å². The Labute approximate surface area is 151 Å². The number of hydrogen-bond donors (Lipinski definition) is 2. The average molecular weight is 354 g/mol. The number of para-hydroxylation sites is 1. The number of H-pyrrole nitrogens is 1. The van der Waals surface area contributed by atoms with Crippen molar-refractivity contribution in [3.63, 3.8) is 0 Å². The Hall–Kier alpha value is -2.46. The largest absolute Gasteiger partial charge is 0.382 e. The maximum Gasteiger partial charge on any atom is 0.271 e. The van der Waals surface area contributed by atoms with Gasteiger partial charge in [0.2, 0.25) is 0 Å². The quantitative estimate of drug-likeness (QED) is 0.739. The van der Waals surface area contributed by atoms with Crippen molar-refractivity contribution in [1.82, 2.24) is 4.98 Å². The minimum Gasteiger partial charge on any atom is -0.382 e. The molecule has 5 heteroatoms. The van der Waals surface area contributed by atoms with Gasteiger partial charge in [0.25, 0.3) is 5.56 Å². The Kier molecular flexibility index (Phi) is 4.36. The second-order valence-corrected chi connectivity index (χ2v) is 6.92. The fourth-order valence-electron chi connectivity index (χ4n) is 3.42. The number of nitrogens with zero attached hydrogens (tertiary/aromatic N) is 1. The lowest BCUT2D eigenvalue weighted by molar-refractivity contribution is 0.526. The van der Waals surface area contributed by atoms with Gasteiger partial charge < -0.3 is 15.2 Å². The van der Waals surface area contributed by atoms with Gasteiger partial charge in [-0.15, -0.1) is 0 Å². The third-order valence-electron chi connectivity index (χ3n) is 4.78. The summed E-state index contributed by atoms with van der Waals surface area (Å²) < 4.78 is 0. The number of benzene rings is 2. The van der Waals surface area contributed by atoms with Crippen LogP contribution < -0.4 is 15.8 Å². The summed E-state index contributed by atoms with van der Waals surface area (Å²) in [6, 6.07) is 18.1. The van der Waals surface area contributed by atoms with Crippen molar-refractivity contribution in [3.8, 4) is 0 Å². The first-order valence-electron chi connectivity index (χ1n) is 8.58. The van der Waals surface area contributed by atoms with E-state index in [1.165, 1.54) is 0 Å². The van der Waals surface area contributed by atoms with Crippen LogP contribution in [0.3, 0.4) is 0 Å². The number of piperidine rings is 1. The monoisotopic (exact) mass is 353 g/mol. The van der Waals surface area contributed by atoms with Gasteiger partial charge in [-0.3, -0.25) is 4.79 Å². The molecule has 1 aliphatic rings. The molecule has 1 aromatic heterocycles. The molecule has 0 radical (unpaired) electrons. The van der Waals surface area contributed by atoms with Gasteiger partial charge in [0, 0.05) is 40.7 Å². The van der Waals surface area contributed by atoms with Crippen LogP contribution in [0.4, 0.5) is 11.4 Å². The third kappa shape index (κ3) is 3.49. The van der Waals surface area contributed by atoms with E-state index < -0.39 is 0 Å². The SMILES string of the molecule is O=c1[nH]c2ccccc2cc1N1CCC(Nc2ccc(Cl)cc2)CC1. The molecule has 25 heavy (non-hydrogen) atoms. The Morgan fingerprint density at radius 2 is 1.76 bits per heavy atom. The summed E-state index contributed by atoms with van der Waals surface area (Å²) in [7, 11) is 0. The fourth-order valence-corrected chi connectivity index (χ4v) is 3.54. The molecular formula is C20H20ClN3O. The topological polar surface area (TPSA) is 48.1 Å². The lowest BCUT2D eigenvalue weighted by Gasteiger charge is -2.34. The van der Waals surface area contributed by atoms with E-state index in [0.29, 0.717) is 6.04 Å². The molecular weight excluding hydrogens is 334 g/mol. The Morgan fingerprint density at radius 1 is 1.04 bits per heavy atom. The number of hydrogen-bond acceptors (Lipinski definition) is 3. The summed E-state index contributed by atoms with van der Waals surface area (Å²) in [5.41, 5.74) is 2.73. The molecule has 2 heterocycles. The van der Waals surface area contributed by atoms with Crippen molar-refractivity contribution in [2.75, 3.05) is 23.3 Å². The first kappa shape index (κ1) is 16.0. The van der Waals surface area contributed by atoms with E-state index in [1.807, 2.05) is 54.6 Å². The predicted octanol–water partition coefficient (Wildman–Crippen LogP) is 4.26. The van der Waals surface area contributed by atoms with Crippen LogP contribution in [0.25, 0.3) is 10.9 Å². The third-order valence-corrected chi connectivity index (χ3v) is 5.04. The van der Waals surface area contributed by atoms with Gasteiger partial charge in [-0.05, 0) is 49.2 Å². The molecule has 2 aromatic carbocycles.